The van der Waals surface area contributed by atoms with Crippen LogP contribution in [-0.2, 0) is 38.3 Å². The van der Waals surface area contributed by atoms with E-state index in [1.165, 1.54) is 138 Å². The number of anilines is 6. The topological polar surface area (TPSA) is 59.1 Å². The van der Waals surface area contributed by atoms with E-state index in [-0.39, 0.29) is 18.0 Å². The second-order valence-electron chi connectivity index (χ2n) is 22.0. The Hall–Kier alpha value is -6.66. The van der Waals surface area contributed by atoms with Crippen molar-refractivity contribution in [3.8, 4) is 11.1 Å². The van der Waals surface area contributed by atoms with Gasteiger partial charge in [0.1, 0.15) is 6.10 Å². The zero-order valence-corrected chi connectivity index (χ0v) is 49.3. The predicted molar refractivity (Wildman–Crippen MR) is 340 cm³/mol. The van der Waals surface area contributed by atoms with Crippen molar-refractivity contribution in [3.63, 3.8) is 0 Å². The SMILES string of the molecule is C=CC(=O)OCCCCCCCCc1ccc(N(c2ccc(CCCCCCCC)cc2)c2ccc(-c3ccc(N(c4ccc(CCCCCCCC)cc4)c4ccc(C(CCCCCCC)OC(=O)C=C)cc4)cc3)cc2)cc1. The van der Waals surface area contributed by atoms with Crippen molar-refractivity contribution in [1.82, 2.24) is 0 Å². The highest BCUT2D eigenvalue weighted by atomic mass is 16.5. The molecule has 1 atom stereocenters. The highest BCUT2D eigenvalue weighted by Crippen LogP contribution is 2.39. The van der Waals surface area contributed by atoms with E-state index in [9.17, 15) is 9.59 Å². The lowest BCUT2D eigenvalue weighted by molar-refractivity contribution is -0.143. The van der Waals surface area contributed by atoms with Gasteiger partial charge in [0.15, 0.2) is 0 Å². The Bertz CT molecular complexity index is 2660. The maximum atomic E-state index is 12.5. The number of unbranched alkanes of at least 4 members (excludes halogenated alkanes) is 19. The van der Waals surface area contributed by atoms with Gasteiger partial charge in [-0.05, 0) is 164 Å². The fourth-order valence-electron chi connectivity index (χ4n) is 10.8. The molecule has 426 valence electrons. The third-order valence-electron chi connectivity index (χ3n) is 15.6. The number of hydrogen-bond acceptors (Lipinski definition) is 6. The molecule has 0 amide bonds. The summed E-state index contributed by atoms with van der Waals surface area (Å²) < 4.78 is 11.1. The lowest BCUT2D eigenvalue weighted by Crippen LogP contribution is -2.12. The molecule has 80 heavy (non-hydrogen) atoms. The van der Waals surface area contributed by atoms with Gasteiger partial charge in [0.2, 0.25) is 0 Å². The standard InChI is InChI=1S/C74H96N2O4/c1-6-11-14-17-22-26-31-60-35-47-66(48-36-60)75(67-49-37-62(38-50-67)33-28-24-19-20-25-30-59-79-73(77)9-4)69-53-41-63(42-54-69)64-43-55-70(56-44-64)76(68-51-39-61(40-52-68)32-27-23-18-15-12-7-2)71-57-45-65(46-58-71)72(80-74(78)10-5)34-29-21-16-13-8-3/h9-10,35-58,72H,4-8,11-34,59H2,1-3H3. The quantitative estimate of drug-likeness (QED) is 0.0217. The molecule has 0 aromatic heterocycles. The van der Waals surface area contributed by atoms with Gasteiger partial charge in [0, 0.05) is 46.3 Å². The van der Waals surface area contributed by atoms with Gasteiger partial charge in [0.25, 0.3) is 0 Å². The molecule has 0 N–H and O–H groups in total. The summed E-state index contributed by atoms with van der Waals surface area (Å²) in [6.45, 7) is 14.4. The number of carbonyl (C=O) groups is 2. The first-order valence-corrected chi connectivity index (χ1v) is 31.1. The smallest absolute Gasteiger partial charge is 0.330 e. The van der Waals surface area contributed by atoms with Crippen LogP contribution >= 0.6 is 0 Å². The molecule has 6 heteroatoms. The van der Waals surface area contributed by atoms with E-state index in [1.807, 2.05) is 0 Å². The Labute approximate surface area is 483 Å². The number of carbonyl (C=O) groups excluding carboxylic acids is 2. The lowest BCUT2D eigenvalue weighted by Gasteiger charge is -2.27. The van der Waals surface area contributed by atoms with Crippen molar-refractivity contribution >= 4 is 46.1 Å². The van der Waals surface area contributed by atoms with Gasteiger partial charge in [-0.25, -0.2) is 9.59 Å². The number of esters is 2. The van der Waals surface area contributed by atoms with Crippen molar-refractivity contribution in [2.24, 2.45) is 0 Å². The highest BCUT2D eigenvalue weighted by Gasteiger charge is 2.19. The Morgan fingerprint density at radius 1 is 0.375 bits per heavy atom. The summed E-state index contributed by atoms with van der Waals surface area (Å²) in [5.74, 6) is -0.721. The van der Waals surface area contributed by atoms with E-state index in [1.54, 1.807) is 0 Å². The lowest BCUT2D eigenvalue weighted by atomic mass is 10.0. The summed E-state index contributed by atoms with van der Waals surface area (Å²) in [6, 6.07) is 54.1. The van der Waals surface area contributed by atoms with E-state index in [0.29, 0.717) is 6.61 Å². The van der Waals surface area contributed by atoms with E-state index in [4.69, 9.17) is 9.47 Å². The maximum absolute atomic E-state index is 12.5. The molecule has 0 saturated carbocycles. The van der Waals surface area contributed by atoms with Gasteiger partial charge in [-0.2, -0.15) is 0 Å². The molecular formula is C74H96N2O4. The van der Waals surface area contributed by atoms with Gasteiger partial charge in [-0.3, -0.25) is 0 Å². The van der Waals surface area contributed by atoms with Gasteiger partial charge in [-0.15, -0.1) is 0 Å². The minimum Gasteiger partial charge on any atom is -0.463 e. The fraction of sp³-hybridized carbons (Fsp3) is 0.432. The molecule has 0 bridgehead atoms. The normalized spacial score (nSPS) is 11.5. The number of ether oxygens (including phenoxy) is 2. The number of aryl methyl sites for hydroxylation is 3. The molecule has 0 aliphatic heterocycles. The second kappa shape index (κ2) is 36.6. The molecule has 6 nitrogen and oxygen atoms in total. The summed E-state index contributed by atoms with van der Waals surface area (Å²) in [5, 5.41) is 0. The third kappa shape index (κ3) is 21.4. The van der Waals surface area contributed by atoms with Crippen molar-refractivity contribution < 1.29 is 19.1 Å². The highest BCUT2D eigenvalue weighted by molar-refractivity contribution is 5.83. The van der Waals surface area contributed by atoms with Crippen molar-refractivity contribution in [3.05, 3.63) is 193 Å². The van der Waals surface area contributed by atoms with Crippen LogP contribution in [-0.4, -0.2) is 18.5 Å². The zero-order chi connectivity index (χ0) is 56.4. The Kier molecular flexibility index (Phi) is 28.6. The van der Waals surface area contributed by atoms with Gasteiger partial charge in [-0.1, -0.05) is 222 Å². The molecule has 1 unspecified atom stereocenters. The second-order valence-corrected chi connectivity index (χ2v) is 22.0. The summed E-state index contributed by atoms with van der Waals surface area (Å²) >= 11 is 0. The van der Waals surface area contributed by atoms with Crippen molar-refractivity contribution in [2.75, 3.05) is 16.4 Å². The molecule has 0 radical (unpaired) electrons. The van der Waals surface area contributed by atoms with Crippen LogP contribution in [0.25, 0.3) is 11.1 Å². The van der Waals surface area contributed by atoms with Gasteiger partial charge in [0.05, 0.1) is 6.61 Å². The summed E-state index contributed by atoms with van der Waals surface area (Å²) in [4.78, 5) is 28.5. The van der Waals surface area contributed by atoms with Gasteiger partial charge < -0.3 is 19.3 Å². The maximum Gasteiger partial charge on any atom is 0.330 e. The minimum atomic E-state index is -0.384. The number of benzene rings is 6. The largest absolute Gasteiger partial charge is 0.463 e. The summed E-state index contributed by atoms with van der Waals surface area (Å²) in [6.07, 6.45) is 34.2. The molecule has 0 aliphatic rings. The van der Waals surface area contributed by atoms with Crippen LogP contribution in [0.1, 0.15) is 203 Å². The van der Waals surface area contributed by atoms with Crippen molar-refractivity contribution in [2.45, 2.75) is 200 Å². The first-order valence-electron chi connectivity index (χ1n) is 31.1. The van der Waals surface area contributed by atoms with E-state index in [0.717, 1.165) is 115 Å². The molecule has 0 saturated heterocycles. The molecular weight excluding hydrogens is 981 g/mol. The molecule has 0 fully saturated rings. The average molecular weight is 1080 g/mol. The van der Waals surface area contributed by atoms with Gasteiger partial charge >= 0.3 is 11.9 Å². The molecule has 0 spiro atoms. The van der Waals surface area contributed by atoms with Crippen LogP contribution in [0, 0.1) is 0 Å². The summed E-state index contributed by atoms with van der Waals surface area (Å²) in [5.41, 5.74) is 14.1. The van der Waals surface area contributed by atoms with Crippen molar-refractivity contribution in [1.29, 1.82) is 0 Å². The fourth-order valence-corrected chi connectivity index (χ4v) is 10.8. The van der Waals surface area contributed by atoms with Crippen LogP contribution in [0.15, 0.2) is 171 Å². The first kappa shape index (κ1) is 62.5. The predicted octanol–water partition coefficient (Wildman–Crippen LogP) is 21.8. The van der Waals surface area contributed by atoms with E-state index < -0.39 is 0 Å². The minimum absolute atomic E-state index is 0.318. The zero-order valence-electron chi connectivity index (χ0n) is 49.3. The van der Waals surface area contributed by atoms with Crippen LogP contribution in [0.5, 0.6) is 0 Å². The third-order valence-corrected chi connectivity index (χ3v) is 15.6. The van der Waals surface area contributed by atoms with E-state index in [2.05, 4.69) is 189 Å². The number of rotatable bonds is 40. The molecule has 6 aromatic rings. The Balaban J connectivity index is 1.20. The monoisotopic (exact) mass is 1080 g/mol. The van der Waals surface area contributed by atoms with Crippen LogP contribution in [0.2, 0.25) is 0 Å². The Morgan fingerprint density at radius 2 is 0.675 bits per heavy atom. The van der Waals surface area contributed by atoms with Crippen LogP contribution in [0.4, 0.5) is 34.1 Å². The molecule has 6 rings (SSSR count). The molecule has 6 aromatic carbocycles. The molecule has 0 aliphatic carbocycles. The van der Waals surface area contributed by atoms with Crippen LogP contribution in [0.3, 0.4) is 0 Å². The van der Waals surface area contributed by atoms with Crippen LogP contribution < -0.4 is 9.80 Å². The summed E-state index contributed by atoms with van der Waals surface area (Å²) in [7, 11) is 0. The first-order chi connectivity index (χ1) is 39.3. The Morgan fingerprint density at radius 3 is 1.02 bits per heavy atom. The number of hydrogen-bond donors (Lipinski definition) is 0. The average Bonchev–Trinajstić information content (AvgIpc) is 3.51. The number of nitrogens with zero attached hydrogens (tertiary/aromatic N) is 2. The van der Waals surface area contributed by atoms with E-state index >= 15 is 0 Å². The molecule has 0 heterocycles.